The van der Waals surface area contributed by atoms with Gasteiger partial charge in [0.15, 0.2) is 0 Å². The maximum absolute atomic E-state index is 11.7. The van der Waals surface area contributed by atoms with E-state index in [-0.39, 0.29) is 17.4 Å². The molecule has 0 bridgehead atoms. The average Bonchev–Trinajstić information content (AvgIpc) is 2.14. The van der Waals surface area contributed by atoms with E-state index in [1.165, 1.54) is 12.4 Å². The van der Waals surface area contributed by atoms with Gasteiger partial charge in [0.05, 0.1) is 12.4 Å². The van der Waals surface area contributed by atoms with Gasteiger partial charge in [-0.1, -0.05) is 11.6 Å². The Morgan fingerprint density at radius 1 is 1.62 bits per heavy atom. The third-order valence-corrected chi connectivity index (χ3v) is 1.40. The first kappa shape index (κ1) is 9.85. The number of amides is 1. The summed E-state index contributed by atoms with van der Waals surface area (Å²) < 4.78 is 11.7. The monoisotopic (exact) mass is 203 g/mol. The molecule has 0 radical (unpaired) electrons. The van der Waals surface area contributed by atoms with Crippen LogP contribution in [0.2, 0.25) is 5.15 Å². The summed E-state index contributed by atoms with van der Waals surface area (Å²) in [5, 5.41) is 2.43. The maximum atomic E-state index is 11.7. The van der Waals surface area contributed by atoms with E-state index < -0.39 is 12.6 Å². The first-order valence-corrected chi connectivity index (χ1v) is 3.93. The fourth-order valence-corrected chi connectivity index (χ4v) is 0.850. The summed E-state index contributed by atoms with van der Waals surface area (Å²) in [6.45, 7) is -0.646. The van der Waals surface area contributed by atoms with Crippen molar-refractivity contribution in [2.45, 2.75) is 0 Å². The Morgan fingerprint density at radius 2 is 2.38 bits per heavy atom. The van der Waals surface area contributed by atoms with Crippen LogP contribution in [0.25, 0.3) is 0 Å². The molecule has 0 unspecified atom stereocenters. The van der Waals surface area contributed by atoms with Gasteiger partial charge >= 0.3 is 0 Å². The number of aromatic nitrogens is 2. The largest absolute Gasteiger partial charge is 0.348 e. The number of carbonyl (C=O) groups is 1. The Labute approximate surface area is 79.1 Å². The molecule has 1 amide bonds. The van der Waals surface area contributed by atoms with Crippen molar-refractivity contribution in [1.29, 1.82) is 0 Å². The van der Waals surface area contributed by atoms with Crippen LogP contribution in [-0.4, -0.2) is 29.1 Å². The predicted octanol–water partition coefficient (Wildman–Crippen LogP) is 0.829. The lowest BCUT2D eigenvalue weighted by atomic mass is 10.4. The van der Waals surface area contributed by atoms with Gasteiger partial charge < -0.3 is 5.32 Å². The second kappa shape index (κ2) is 4.71. The number of halogens is 2. The predicted molar refractivity (Wildman–Crippen MR) is 45.4 cm³/mol. The zero-order chi connectivity index (χ0) is 9.68. The molecule has 6 heteroatoms. The first-order chi connectivity index (χ1) is 6.24. The van der Waals surface area contributed by atoms with Crippen molar-refractivity contribution in [3.05, 3.63) is 23.2 Å². The number of carbonyl (C=O) groups excluding carboxylic acids is 1. The van der Waals surface area contributed by atoms with Gasteiger partial charge in [0, 0.05) is 6.54 Å². The minimum absolute atomic E-state index is 0.0347. The third-order valence-electron chi connectivity index (χ3n) is 1.22. The van der Waals surface area contributed by atoms with Gasteiger partial charge in [0.1, 0.15) is 17.5 Å². The quantitative estimate of drug-likeness (QED) is 0.792. The molecule has 1 heterocycles. The Kier molecular flexibility index (Phi) is 3.57. The van der Waals surface area contributed by atoms with Crippen molar-refractivity contribution >= 4 is 17.5 Å². The van der Waals surface area contributed by atoms with Crippen LogP contribution in [0.4, 0.5) is 4.39 Å². The Bertz CT molecular complexity index is 308. The van der Waals surface area contributed by atoms with Gasteiger partial charge in [-0.05, 0) is 0 Å². The van der Waals surface area contributed by atoms with E-state index in [1.54, 1.807) is 0 Å². The second-order valence-corrected chi connectivity index (χ2v) is 2.56. The molecule has 0 spiro atoms. The fourth-order valence-electron chi connectivity index (χ4n) is 0.703. The lowest BCUT2D eigenvalue weighted by Crippen LogP contribution is -2.26. The van der Waals surface area contributed by atoms with Crippen molar-refractivity contribution < 1.29 is 9.18 Å². The molecule has 0 aliphatic heterocycles. The van der Waals surface area contributed by atoms with Gasteiger partial charge in [0.2, 0.25) is 0 Å². The number of rotatable bonds is 3. The molecule has 0 aliphatic rings. The summed E-state index contributed by atoms with van der Waals surface area (Å²) in [6, 6.07) is 0. The summed E-state index contributed by atoms with van der Waals surface area (Å²) in [6.07, 6.45) is 2.58. The van der Waals surface area contributed by atoms with Crippen molar-refractivity contribution in [2.75, 3.05) is 13.2 Å². The summed E-state index contributed by atoms with van der Waals surface area (Å²) in [5.74, 6) is -0.479. The molecule has 4 nitrogen and oxygen atoms in total. The molecule has 13 heavy (non-hydrogen) atoms. The van der Waals surface area contributed by atoms with Gasteiger partial charge in [0.25, 0.3) is 5.91 Å². The summed E-state index contributed by atoms with van der Waals surface area (Å²) in [7, 11) is 0. The lowest BCUT2D eigenvalue weighted by molar-refractivity contribution is 0.0945. The Morgan fingerprint density at radius 3 is 3.00 bits per heavy atom. The highest BCUT2D eigenvalue weighted by Crippen LogP contribution is 2.01. The average molecular weight is 204 g/mol. The van der Waals surface area contributed by atoms with E-state index in [0.29, 0.717) is 0 Å². The molecule has 1 aromatic heterocycles. The van der Waals surface area contributed by atoms with Crippen molar-refractivity contribution in [3.63, 3.8) is 0 Å². The van der Waals surface area contributed by atoms with Gasteiger partial charge in [-0.15, -0.1) is 0 Å². The number of hydrogen-bond donors (Lipinski definition) is 1. The van der Waals surface area contributed by atoms with E-state index in [2.05, 4.69) is 15.3 Å². The van der Waals surface area contributed by atoms with E-state index in [1.807, 2.05) is 0 Å². The molecule has 1 rings (SSSR count). The van der Waals surface area contributed by atoms with Crippen LogP contribution in [-0.2, 0) is 0 Å². The number of alkyl halides is 1. The van der Waals surface area contributed by atoms with Gasteiger partial charge in [-0.25, -0.2) is 9.37 Å². The zero-order valence-electron chi connectivity index (χ0n) is 6.63. The summed E-state index contributed by atoms with van der Waals surface area (Å²) in [5.41, 5.74) is 0.0842. The van der Waals surface area contributed by atoms with Crippen LogP contribution in [0.3, 0.4) is 0 Å². The highest BCUT2D eigenvalue weighted by Gasteiger charge is 2.06. The normalized spacial score (nSPS) is 9.69. The number of nitrogens with one attached hydrogen (secondary N) is 1. The second-order valence-electron chi connectivity index (χ2n) is 2.17. The Balaban J connectivity index is 2.66. The fraction of sp³-hybridized carbons (Fsp3) is 0.286. The first-order valence-electron chi connectivity index (χ1n) is 3.55. The molecule has 70 valence electrons. The van der Waals surface area contributed by atoms with Crippen LogP contribution < -0.4 is 5.32 Å². The SMILES string of the molecule is O=C(NCCF)c1cncc(Cl)n1. The van der Waals surface area contributed by atoms with Crippen LogP contribution in [0.1, 0.15) is 10.5 Å². The standard InChI is InChI=1S/C7H7ClFN3O/c8-6-4-10-3-5(12-6)7(13)11-2-1-9/h3-4H,1-2H2,(H,11,13). The molecule has 0 aromatic carbocycles. The van der Waals surface area contributed by atoms with E-state index in [0.717, 1.165) is 0 Å². The van der Waals surface area contributed by atoms with E-state index in [4.69, 9.17) is 11.6 Å². The van der Waals surface area contributed by atoms with Crippen LogP contribution >= 0.6 is 11.6 Å². The Hall–Kier alpha value is -1.23. The van der Waals surface area contributed by atoms with Crippen molar-refractivity contribution in [2.24, 2.45) is 0 Å². The molecule has 0 saturated heterocycles. The third kappa shape index (κ3) is 2.95. The molecular formula is C7H7ClFN3O. The number of hydrogen-bond acceptors (Lipinski definition) is 3. The molecule has 0 fully saturated rings. The summed E-state index contributed by atoms with van der Waals surface area (Å²) in [4.78, 5) is 18.5. The van der Waals surface area contributed by atoms with Crippen molar-refractivity contribution in [3.8, 4) is 0 Å². The molecule has 1 aromatic rings. The van der Waals surface area contributed by atoms with Crippen LogP contribution in [0.5, 0.6) is 0 Å². The topological polar surface area (TPSA) is 54.9 Å². The van der Waals surface area contributed by atoms with Gasteiger partial charge in [-0.2, -0.15) is 0 Å². The van der Waals surface area contributed by atoms with E-state index in [9.17, 15) is 9.18 Å². The highest BCUT2D eigenvalue weighted by atomic mass is 35.5. The number of nitrogens with zero attached hydrogens (tertiary/aromatic N) is 2. The minimum Gasteiger partial charge on any atom is -0.348 e. The zero-order valence-corrected chi connectivity index (χ0v) is 7.38. The smallest absolute Gasteiger partial charge is 0.271 e. The molecule has 0 atom stereocenters. The highest BCUT2D eigenvalue weighted by molar-refractivity contribution is 6.29. The molecule has 0 aliphatic carbocycles. The molecule has 0 saturated carbocycles. The molecule has 1 N–H and O–H groups in total. The van der Waals surface area contributed by atoms with Gasteiger partial charge in [-0.3, -0.25) is 9.78 Å². The van der Waals surface area contributed by atoms with Crippen LogP contribution in [0.15, 0.2) is 12.4 Å². The molecular weight excluding hydrogens is 197 g/mol. The summed E-state index contributed by atoms with van der Waals surface area (Å²) >= 11 is 5.50. The van der Waals surface area contributed by atoms with Crippen LogP contribution in [0, 0.1) is 0 Å². The lowest BCUT2D eigenvalue weighted by Gasteiger charge is -2.00. The van der Waals surface area contributed by atoms with E-state index >= 15 is 0 Å². The van der Waals surface area contributed by atoms with Crippen molar-refractivity contribution in [1.82, 2.24) is 15.3 Å². The minimum atomic E-state index is -0.611. The maximum Gasteiger partial charge on any atom is 0.271 e.